The predicted octanol–water partition coefficient (Wildman–Crippen LogP) is 4.30. The maximum Gasteiger partial charge on any atom is 0.123 e. The van der Waals surface area contributed by atoms with Crippen LogP contribution in [0.1, 0.15) is 42.4 Å². The number of nitrogens with one attached hydrogen (secondary N) is 1. The first-order valence-corrected chi connectivity index (χ1v) is 7.94. The second-order valence-corrected chi connectivity index (χ2v) is 6.74. The molecule has 3 N–H and O–H groups in total. The summed E-state index contributed by atoms with van der Waals surface area (Å²) < 4.78 is 5.72. The Morgan fingerprint density at radius 2 is 1.90 bits per heavy atom. The largest absolute Gasteiger partial charge is 0.491 e. The van der Waals surface area contributed by atoms with E-state index in [1.54, 1.807) is 11.3 Å². The lowest BCUT2D eigenvalue weighted by Crippen LogP contribution is -2.09. The number of anilines is 2. The molecule has 0 aliphatic carbocycles. The van der Waals surface area contributed by atoms with Crippen molar-refractivity contribution in [3.8, 4) is 5.75 Å². The predicted molar refractivity (Wildman–Crippen MR) is 90.2 cm³/mol. The highest BCUT2D eigenvalue weighted by molar-refractivity contribution is 7.11. The van der Waals surface area contributed by atoms with Gasteiger partial charge < -0.3 is 15.8 Å². The van der Waals surface area contributed by atoms with Gasteiger partial charge in [0, 0.05) is 28.4 Å². The molecule has 1 aromatic heterocycles. The first-order chi connectivity index (χ1) is 9.85. The molecule has 0 spiro atoms. The third-order valence-corrected chi connectivity index (χ3v) is 4.27. The molecular formula is C16H23N3OS. The van der Waals surface area contributed by atoms with Crippen LogP contribution in [-0.4, -0.2) is 11.1 Å². The van der Waals surface area contributed by atoms with Gasteiger partial charge in [-0.15, -0.1) is 11.3 Å². The Labute approximate surface area is 130 Å². The number of benzene rings is 1. The maximum atomic E-state index is 5.95. The first-order valence-electron chi connectivity index (χ1n) is 7.13. The van der Waals surface area contributed by atoms with Crippen LogP contribution < -0.4 is 15.8 Å². The molecule has 0 saturated carbocycles. The zero-order valence-electron chi connectivity index (χ0n) is 13.2. The number of ether oxygens (including phenoxy) is 1. The summed E-state index contributed by atoms with van der Waals surface area (Å²) in [6.45, 7) is 10.2. The van der Waals surface area contributed by atoms with Crippen LogP contribution in [-0.2, 0) is 0 Å². The summed E-state index contributed by atoms with van der Waals surface area (Å²) in [6, 6.07) is 5.94. The van der Waals surface area contributed by atoms with Crippen molar-refractivity contribution in [3.63, 3.8) is 0 Å². The minimum atomic E-state index is 0.128. The van der Waals surface area contributed by atoms with Crippen molar-refractivity contribution < 1.29 is 4.74 Å². The Bertz CT molecular complexity index is 622. The Kier molecular flexibility index (Phi) is 4.73. The Balaban J connectivity index is 2.18. The van der Waals surface area contributed by atoms with Crippen LogP contribution in [0, 0.1) is 13.8 Å². The van der Waals surface area contributed by atoms with Crippen molar-refractivity contribution in [1.29, 1.82) is 0 Å². The van der Waals surface area contributed by atoms with Gasteiger partial charge in [-0.05, 0) is 40.7 Å². The average molecular weight is 305 g/mol. The zero-order valence-corrected chi connectivity index (χ0v) is 14.0. The lowest BCUT2D eigenvalue weighted by Gasteiger charge is -2.17. The van der Waals surface area contributed by atoms with Crippen LogP contribution in [0.4, 0.5) is 11.4 Å². The number of hydrogen-bond acceptors (Lipinski definition) is 5. The van der Waals surface area contributed by atoms with E-state index in [4.69, 9.17) is 10.5 Å². The maximum absolute atomic E-state index is 5.95. The molecule has 114 valence electrons. The van der Waals surface area contributed by atoms with Crippen molar-refractivity contribution in [2.24, 2.45) is 0 Å². The van der Waals surface area contributed by atoms with Gasteiger partial charge in [-0.3, -0.25) is 0 Å². The lowest BCUT2D eigenvalue weighted by atomic mass is 10.2. The topological polar surface area (TPSA) is 60.2 Å². The van der Waals surface area contributed by atoms with Gasteiger partial charge in [-0.1, -0.05) is 0 Å². The summed E-state index contributed by atoms with van der Waals surface area (Å²) >= 11 is 1.72. The molecule has 0 amide bonds. The lowest BCUT2D eigenvalue weighted by molar-refractivity contribution is 0.242. The van der Waals surface area contributed by atoms with E-state index in [0.29, 0.717) is 5.69 Å². The molecule has 1 heterocycles. The van der Waals surface area contributed by atoms with Crippen molar-refractivity contribution in [1.82, 2.24) is 4.98 Å². The summed E-state index contributed by atoms with van der Waals surface area (Å²) in [5.74, 6) is 0.789. The molecule has 0 aliphatic heterocycles. The third-order valence-electron chi connectivity index (χ3n) is 3.02. The Morgan fingerprint density at radius 1 is 1.19 bits per heavy atom. The van der Waals surface area contributed by atoms with Crippen molar-refractivity contribution in [2.45, 2.75) is 46.8 Å². The van der Waals surface area contributed by atoms with E-state index < -0.39 is 0 Å². The number of nitrogens with zero attached hydrogens (tertiary/aromatic N) is 1. The summed E-state index contributed by atoms with van der Waals surface area (Å²) in [5, 5.41) is 4.57. The van der Waals surface area contributed by atoms with Crippen LogP contribution in [0.3, 0.4) is 0 Å². The third kappa shape index (κ3) is 4.11. The van der Waals surface area contributed by atoms with E-state index in [2.05, 4.69) is 17.2 Å². The van der Waals surface area contributed by atoms with Gasteiger partial charge in [0.1, 0.15) is 5.75 Å². The van der Waals surface area contributed by atoms with Gasteiger partial charge >= 0.3 is 0 Å². The molecule has 4 nitrogen and oxygen atoms in total. The minimum Gasteiger partial charge on any atom is -0.491 e. The van der Waals surface area contributed by atoms with Crippen molar-refractivity contribution >= 4 is 22.7 Å². The number of aromatic nitrogens is 1. The quantitative estimate of drug-likeness (QED) is 0.808. The monoisotopic (exact) mass is 305 g/mol. The molecule has 1 aromatic carbocycles. The van der Waals surface area contributed by atoms with E-state index in [1.807, 2.05) is 45.9 Å². The Hall–Kier alpha value is -1.75. The number of nitrogen functional groups attached to an aromatic ring is 1. The van der Waals surface area contributed by atoms with Crippen LogP contribution in [0.5, 0.6) is 5.75 Å². The van der Waals surface area contributed by atoms with Crippen LogP contribution in [0.25, 0.3) is 0 Å². The van der Waals surface area contributed by atoms with Gasteiger partial charge in [-0.2, -0.15) is 0 Å². The van der Waals surface area contributed by atoms with Gasteiger partial charge in [0.25, 0.3) is 0 Å². The highest BCUT2D eigenvalue weighted by atomic mass is 32.1. The van der Waals surface area contributed by atoms with Crippen molar-refractivity contribution in [3.05, 3.63) is 33.8 Å². The number of aryl methyl sites for hydroxylation is 2. The molecule has 0 fully saturated rings. The second kappa shape index (κ2) is 6.35. The van der Waals surface area contributed by atoms with E-state index in [9.17, 15) is 0 Å². The standard InChI is InChI=1S/C16H23N3OS/c1-9(2)20-15-7-13(17)6-14(8-15)19-11(4)16-10(3)18-12(5)21-16/h6-9,11,19H,17H2,1-5H3. The fourth-order valence-electron chi connectivity index (χ4n) is 2.31. The second-order valence-electron chi connectivity index (χ2n) is 5.51. The SMILES string of the molecule is Cc1nc(C)c(C(C)Nc2cc(N)cc(OC(C)C)c2)s1. The molecule has 0 aliphatic rings. The van der Waals surface area contributed by atoms with E-state index in [-0.39, 0.29) is 12.1 Å². The van der Waals surface area contributed by atoms with E-state index >= 15 is 0 Å². The molecule has 0 saturated heterocycles. The fraction of sp³-hybridized carbons (Fsp3) is 0.438. The van der Waals surface area contributed by atoms with Crippen LogP contribution >= 0.6 is 11.3 Å². The van der Waals surface area contributed by atoms with Gasteiger partial charge in [-0.25, -0.2) is 4.98 Å². The van der Waals surface area contributed by atoms with Gasteiger partial charge in [0.2, 0.25) is 0 Å². The Morgan fingerprint density at radius 3 is 2.48 bits per heavy atom. The van der Waals surface area contributed by atoms with Crippen molar-refractivity contribution in [2.75, 3.05) is 11.1 Å². The molecule has 1 unspecified atom stereocenters. The van der Waals surface area contributed by atoms with Crippen LogP contribution in [0.15, 0.2) is 18.2 Å². The highest BCUT2D eigenvalue weighted by Crippen LogP contribution is 2.30. The summed E-state index contributed by atoms with van der Waals surface area (Å²) in [5.41, 5.74) is 8.69. The fourth-order valence-corrected chi connectivity index (χ4v) is 3.24. The van der Waals surface area contributed by atoms with Crippen LogP contribution in [0.2, 0.25) is 0 Å². The number of thiazole rings is 1. The molecule has 1 atom stereocenters. The number of hydrogen-bond donors (Lipinski definition) is 2. The average Bonchev–Trinajstić information content (AvgIpc) is 2.66. The zero-order chi connectivity index (χ0) is 15.6. The highest BCUT2D eigenvalue weighted by Gasteiger charge is 2.13. The molecule has 0 radical (unpaired) electrons. The molecule has 5 heteroatoms. The smallest absolute Gasteiger partial charge is 0.123 e. The molecular weight excluding hydrogens is 282 g/mol. The van der Waals surface area contributed by atoms with E-state index in [1.165, 1.54) is 4.88 Å². The number of rotatable bonds is 5. The molecule has 21 heavy (non-hydrogen) atoms. The number of nitrogens with two attached hydrogens (primary N) is 1. The normalized spacial score (nSPS) is 12.5. The minimum absolute atomic E-state index is 0.128. The molecule has 0 bridgehead atoms. The molecule has 2 rings (SSSR count). The summed E-state index contributed by atoms with van der Waals surface area (Å²) in [7, 11) is 0. The summed E-state index contributed by atoms with van der Waals surface area (Å²) in [4.78, 5) is 5.73. The van der Waals surface area contributed by atoms with E-state index in [0.717, 1.165) is 22.1 Å². The van der Waals surface area contributed by atoms with Gasteiger partial charge in [0.05, 0.1) is 22.8 Å². The molecule has 2 aromatic rings. The first kappa shape index (κ1) is 15.6. The summed E-state index contributed by atoms with van der Waals surface area (Å²) in [6.07, 6.45) is 0.128. The van der Waals surface area contributed by atoms with Gasteiger partial charge in [0.15, 0.2) is 0 Å².